The Balaban J connectivity index is 2.23. The van der Waals surface area contributed by atoms with Gasteiger partial charge in [0.2, 0.25) is 0 Å². The highest BCUT2D eigenvalue weighted by atomic mass is 16.6. The van der Waals surface area contributed by atoms with Crippen LogP contribution >= 0.6 is 0 Å². The summed E-state index contributed by atoms with van der Waals surface area (Å²) >= 11 is 0. The van der Waals surface area contributed by atoms with Crippen LogP contribution in [0.3, 0.4) is 0 Å². The van der Waals surface area contributed by atoms with E-state index in [1.54, 1.807) is 30.3 Å². The first kappa shape index (κ1) is 20.9. The van der Waals surface area contributed by atoms with E-state index >= 15 is 0 Å². The van der Waals surface area contributed by atoms with Crippen LogP contribution in [0.1, 0.15) is 29.8 Å². The molecule has 0 saturated carbocycles. The van der Waals surface area contributed by atoms with E-state index in [2.05, 4.69) is 0 Å². The third kappa shape index (κ3) is 4.12. The summed E-state index contributed by atoms with van der Waals surface area (Å²) in [5, 5.41) is 0.579. The number of carbonyl (C=O) groups excluding carboxylic acids is 3. The Kier molecular flexibility index (Phi) is 6.06. The Bertz CT molecular complexity index is 1130. The number of carbonyl (C=O) groups is 3. The topological polar surface area (TPSA) is 101 Å². The van der Waals surface area contributed by atoms with Crippen LogP contribution in [-0.2, 0) is 20.9 Å². The zero-order valence-corrected chi connectivity index (χ0v) is 16.9. The molecule has 1 heterocycles. The number of methoxy groups -OCH3 is 2. The normalized spacial score (nSPS) is 10.5. The minimum atomic E-state index is -0.480. The molecule has 1 aromatic heterocycles. The molecule has 0 amide bonds. The molecule has 8 nitrogen and oxygen atoms in total. The number of furan rings is 1. The molecule has 0 N–H and O–H groups in total. The zero-order chi connectivity index (χ0) is 21.8. The van der Waals surface area contributed by atoms with E-state index in [1.165, 1.54) is 28.1 Å². The van der Waals surface area contributed by atoms with Gasteiger partial charge >= 0.3 is 11.9 Å². The summed E-state index contributed by atoms with van der Waals surface area (Å²) in [6.45, 7) is 2.52. The second-order valence-electron chi connectivity index (χ2n) is 6.37. The number of rotatable bonds is 7. The van der Waals surface area contributed by atoms with Crippen molar-refractivity contribution in [3.8, 4) is 28.6 Å². The minimum Gasteiger partial charge on any atom is -0.493 e. The van der Waals surface area contributed by atoms with Gasteiger partial charge in [0.05, 0.1) is 14.2 Å². The molecule has 3 rings (SSSR count). The van der Waals surface area contributed by atoms with Crippen LogP contribution in [0.5, 0.6) is 17.2 Å². The Morgan fingerprint density at radius 1 is 0.967 bits per heavy atom. The molecule has 0 radical (unpaired) electrons. The third-order valence-corrected chi connectivity index (χ3v) is 4.34. The van der Waals surface area contributed by atoms with Gasteiger partial charge in [-0.15, -0.1) is 0 Å². The molecular weight excluding hydrogens is 392 g/mol. The molecule has 0 aliphatic carbocycles. The molecular formula is C22H20O8. The maximum atomic E-state index is 11.4. The number of esters is 2. The molecule has 8 heteroatoms. The average molecular weight is 412 g/mol. The SMILES string of the molecule is COc1cc(-c2oc3c(OC)cc(C=O)cc3c2COC(C)=O)ccc1OC(C)=O. The van der Waals surface area contributed by atoms with Gasteiger partial charge in [-0.1, -0.05) is 0 Å². The monoisotopic (exact) mass is 412 g/mol. The van der Waals surface area contributed by atoms with E-state index in [0.717, 1.165) is 0 Å². The minimum absolute atomic E-state index is 0.0723. The lowest BCUT2D eigenvalue weighted by atomic mass is 10.0. The van der Waals surface area contributed by atoms with Gasteiger partial charge in [-0.2, -0.15) is 0 Å². The van der Waals surface area contributed by atoms with Crippen molar-refractivity contribution in [2.24, 2.45) is 0 Å². The van der Waals surface area contributed by atoms with Gasteiger partial charge in [0.1, 0.15) is 18.7 Å². The summed E-state index contributed by atoms with van der Waals surface area (Å²) in [4.78, 5) is 34.1. The molecule has 3 aromatic rings. The zero-order valence-electron chi connectivity index (χ0n) is 16.9. The molecule has 0 aliphatic rings. The summed E-state index contributed by atoms with van der Waals surface area (Å²) < 4.78 is 27.1. The predicted molar refractivity (Wildman–Crippen MR) is 107 cm³/mol. The lowest BCUT2D eigenvalue weighted by molar-refractivity contribution is -0.142. The molecule has 0 atom stereocenters. The van der Waals surface area contributed by atoms with Crippen LogP contribution in [0.25, 0.3) is 22.3 Å². The molecule has 0 fully saturated rings. The number of benzene rings is 2. The largest absolute Gasteiger partial charge is 0.493 e. The van der Waals surface area contributed by atoms with E-state index < -0.39 is 11.9 Å². The van der Waals surface area contributed by atoms with E-state index in [-0.39, 0.29) is 12.4 Å². The Labute approximate surface area is 172 Å². The Morgan fingerprint density at radius 3 is 2.30 bits per heavy atom. The summed E-state index contributed by atoms with van der Waals surface area (Å²) in [7, 11) is 2.91. The van der Waals surface area contributed by atoms with Gasteiger partial charge in [-0.25, -0.2) is 0 Å². The van der Waals surface area contributed by atoms with Crippen molar-refractivity contribution in [3.63, 3.8) is 0 Å². The van der Waals surface area contributed by atoms with E-state index in [0.29, 0.717) is 51.2 Å². The number of ether oxygens (including phenoxy) is 4. The van der Waals surface area contributed by atoms with Crippen LogP contribution < -0.4 is 14.2 Å². The molecule has 0 saturated heterocycles. The van der Waals surface area contributed by atoms with Crippen LogP contribution in [0.4, 0.5) is 0 Å². The van der Waals surface area contributed by atoms with Crippen molar-refractivity contribution in [2.45, 2.75) is 20.5 Å². The second-order valence-corrected chi connectivity index (χ2v) is 6.37. The smallest absolute Gasteiger partial charge is 0.308 e. The maximum absolute atomic E-state index is 11.4. The van der Waals surface area contributed by atoms with Crippen molar-refractivity contribution < 1.29 is 37.7 Å². The number of hydrogen-bond donors (Lipinski definition) is 0. The quantitative estimate of drug-likeness (QED) is 0.327. The van der Waals surface area contributed by atoms with Gasteiger partial charge in [0.15, 0.2) is 22.8 Å². The standard InChI is InChI=1S/C22H20O8/c1-12(24)28-11-17-16-7-14(10-23)8-20(27-4)22(16)30-21(17)15-5-6-18(29-13(2)25)19(9-15)26-3/h5-10H,11H2,1-4H3. The number of hydrogen-bond acceptors (Lipinski definition) is 8. The van der Waals surface area contributed by atoms with Crippen LogP contribution in [0.2, 0.25) is 0 Å². The van der Waals surface area contributed by atoms with Gasteiger partial charge < -0.3 is 23.4 Å². The molecule has 156 valence electrons. The number of fused-ring (bicyclic) bond motifs is 1. The lowest BCUT2D eigenvalue weighted by Crippen LogP contribution is -2.03. The Hall–Kier alpha value is -3.81. The van der Waals surface area contributed by atoms with E-state index in [9.17, 15) is 14.4 Å². The third-order valence-electron chi connectivity index (χ3n) is 4.34. The predicted octanol–water partition coefficient (Wildman–Crippen LogP) is 3.92. The van der Waals surface area contributed by atoms with Crippen molar-refractivity contribution in [2.75, 3.05) is 14.2 Å². The van der Waals surface area contributed by atoms with Crippen molar-refractivity contribution in [1.29, 1.82) is 0 Å². The first-order valence-corrected chi connectivity index (χ1v) is 8.96. The molecule has 30 heavy (non-hydrogen) atoms. The summed E-state index contributed by atoms with van der Waals surface area (Å²) in [5.74, 6) is 0.408. The highest BCUT2D eigenvalue weighted by Gasteiger charge is 2.22. The first-order valence-electron chi connectivity index (χ1n) is 8.96. The highest BCUT2D eigenvalue weighted by Crippen LogP contribution is 2.41. The van der Waals surface area contributed by atoms with Gasteiger partial charge in [0.25, 0.3) is 0 Å². The van der Waals surface area contributed by atoms with Gasteiger partial charge in [0, 0.05) is 35.9 Å². The van der Waals surface area contributed by atoms with E-state index in [4.69, 9.17) is 23.4 Å². The molecule has 0 aliphatic heterocycles. The fraction of sp³-hybridized carbons (Fsp3) is 0.227. The first-order chi connectivity index (χ1) is 14.4. The molecule has 0 bridgehead atoms. The van der Waals surface area contributed by atoms with Crippen molar-refractivity contribution >= 4 is 29.2 Å². The second kappa shape index (κ2) is 8.69. The van der Waals surface area contributed by atoms with Crippen molar-refractivity contribution in [3.05, 3.63) is 41.5 Å². The molecule has 0 unspecified atom stereocenters. The van der Waals surface area contributed by atoms with Crippen LogP contribution in [-0.4, -0.2) is 32.4 Å². The summed E-state index contributed by atoms with van der Waals surface area (Å²) in [6.07, 6.45) is 0.696. The number of aldehydes is 1. The fourth-order valence-corrected chi connectivity index (χ4v) is 3.06. The Morgan fingerprint density at radius 2 is 1.70 bits per heavy atom. The molecule has 2 aromatic carbocycles. The summed E-state index contributed by atoms with van der Waals surface area (Å²) in [6, 6.07) is 8.10. The lowest BCUT2D eigenvalue weighted by Gasteiger charge is -2.10. The maximum Gasteiger partial charge on any atom is 0.308 e. The highest BCUT2D eigenvalue weighted by molar-refractivity contribution is 5.96. The van der Waals surface area contributed by atoms with Crippen LogP contribution in [0.15, 0.2) is 34.7 Å². The van der Waals surface area contributed by atoms with Crippen LogP contribution in [0, 0.1) is 0 Å². The van der Waals surface area contributed by atoms with E-state index in [1.807, 2.05) is 0 Å². The summed E-state index contributed by atoms with van der Waals surface area (Å²) in [5.41, 5.74) is 1.95. The van der Waals surface area contributed by atoms with Gasteiger partial charge in [-0.3, -0.25) is 14.4 Å². The average Bonchev–Trinajstić information content (AvgIpc) is 3.09. The van der Waals surface area contributed by atoms with Gasteiger partial charge in [-0.05, 0) is 30.3 Å². The van der Waals surface area contributed by atoms with Crippen molar-refractivity contribution in [1.82, 2.24) is 0 Å². The fourth-order valence-electron chi connectivity index (χ4n) is 3.06. The molecule has 0 spiro atoms.